The van der Waals surface area contributed by atoms with Crippen molar-refractivity contribution in [1.82, 2.24) is 0 Å². The van der Waals surface area contributed by atoms with Gasteiger partial charge >= 0.3 is 5.97 Å². The van der Waals surface area contributed by atoms with Gasteiger partial charge in [0.1, 0.15) is 22.2 Å². The van der Waals surface area contributed by atoms with Crippen LogP contribution in [0.3, 0.4) is 0 Å². The maximum atomic E-state index is 13.2. The number of halogens is 2. The third-order valence-corrected chi connectivity index (χ3v) is 6.42. The summed E-state index contributed by atoms with van der Waals surface area (Å²) < 4.78 is 36.6. The standard InChI is InChI=1S/C16H14Cl2N2O7S/c1-26-12-6-7-13(16(18)15(12)17)28(24,25)19(9-14(21)27-2)10-4-3-5-11(8-10)20(22)23/h3-8H,9H2,1-2H3. The van der Waals surface area contributed by atoms with Crippen molar-refractivity contribution in [3.8, 4) is 5.75 Å². The van der Waals surface area contributed by atoms with E-state index < -0.39 is 32.4 Å². The predicted molar refractivity (Wildman–Crippen MR) is 103 cm³/mol. The molecule has 0 spiro atoms. The van der Waals surface area contributed by atoms with E-state index in [4.69, 9.17) is 27.9 Å². The summed E-state index contributed by atoms with van der Waals surface area (Å²) in [6.45, 7) is -0.736. The molecule has 12 heteroatoms. The van der Waals surface area contributed by atoms with Crippen LogP contribution < -0.4 is 9.04 Å². The number of nitro benzene ring substituents is 1. The first-order valence-corrected chi connectivity index (χ1v) is 9.69. The van der Waals surface area contributed by atoms with Crippen LogP contribution in [0.2, 0.25) is 10.0 Å². The van der Waals surface area contributed by atoms with Gasteiger partial charge in [-0.15, -0.1) is 0 Å². The Morgan fingerprint density at radius 3 is 2.43 bits per heavy atom. The summed E-state index contributed by atoms with van der Waals surface area (Å²) in [5, 5.41) is 10.6. The first-order chi connectivity index (χ1) is 13.1. The molecule has 0 heterocycles. The molecule has 0 saturated heterocycles. The third-order valence-electron chi connectivity index (χ3n) is 3.63. The Morgan fingerprint density at radius 1 is 1.18 bits per heavy atom. The molecular weight excluding hydrogens is 435 g/mol. The van der Waals surface area contributed by atoms with Gasteiger partial charge < -0.3 is 9.47 Å². The number of hydrogen-bond acceptors (Lipinski definition) is 7. The lowest BCUT2D eigenvalue weighted by Crippen LogP contribution is -2.36. The number of nitrogens with zero attached hydrogens (tertiary/aromatic N) is 2. The van der Waals surface area contributed by atoms with Gasteiger partial charge in [0.2, 0.25) is 0 Å². The summed E-state index contributed by atoms with van der Waals surface area (Å²) in [6.07, 6.45) is 0. The molecule has 0 saturated carbocycles. The molecular formula is C16H14Cl2N2O7S. The van der Waals surface area contributed by atoms with E-state index in [1.807, 2.05) is 0 Å². The number of carbonyl (C=O) groups is 1. The maximum absolute atomic E-state index is 13.2. The number of esters is 1. The molecule has 150 valence electrons. The molecule has 2 rings (SSSR count). The topological polar surface area (TPSA) is 116 Å². The molecule has 0 amide bonds. The van der Waals surface area contributed by atoms with Crippen molar-refractivity contribution in [2.75, 3.05) is 25.1 Å². The second kappa shape index (κ2) is 8.63. The van der Waals surface area contributed by atoms with E-state index in [2.05, 4.69) is 4.74 Å². The minimum absolute atomic E-state index is 0.123. The van der Waals surface area contributed by atoms with Gasteiger partial charge in [-0.25, -0.2) is 8.42 Å². The fourth-order valence-electron chi connectivity index (χ4n) is 2.25. The molecule has 2 aromatic rings. The Bertz CT molecular complexity index is 1030. The van der Waals surface area contributed by atoms with E-state index in [0.29, 0.717) is 4.31 Å². The lowest BCUT2D eigenvalue weighted by molar-refractivity contribution is -0.384. The smallest absolute Gasteiger partial charge is 0.326 e. The normalized spacial score (nSPS) is 11.0. The van der Waals surface area contributed by atoms with Crippen molar-refractivity contribution in [1.29, 1.82) is 0 Å². The number of rotatable bonds is 7. The molecule has 0 aromatic heterocycles. The van der Waals surface area contributed by atoms with Crippen molar-refractivity contribution in [2.45, 2.75) is 4.90 Å². The average molecular weight is 449 g/mol. The molecule has 0 aliphatic heterocycles. The lowest BCUT2D eigenvalue weighted by Gasteiger charge is -2.24. The van der Waals surface area contributed by atoms with E-state index in [-0.39, 0.29) is 27.2 Å². The number of methoxy groups -OCH3 is 2. The second-order valence-electron chi connectivity index (χ2n) is 5.26. The molecule has 0 radical (unpaired) electrons. The molecule has 28 heavy (non-hydrogen) atoms. The summed E-state index contributed by atoms with van der Waals surface area (Å²) >= 11 is 12.1. The fraction of sp³-hybridized carbons (Fsp3) is 0.188. The van der Waals surface area contributed by atoms with E-state index in [0.717, 1.165) is 19.2 Å². The van der Waals surface area contributed by atoms with E-state index in [9.17, 15) is 23.3 Å². The van der Waals surface area contributed by atoms with E-state index in [1.165, 1.54) is 31.4 Å². The van der Waals surface area contributed by atoms with Crippen molar-refractivity contribution in [3.05, 3.63) is 56.6 Å². The third kappa shape index (κ3) is 4.29. The van der Waals surface area contributed by atoms with E-state index >= 15 is 0 Å². The summed E-state index contributed by atoms with van der Waals surface area (Å²) in [7, 11) is -2.03. The number of benzene rings is 2. The first-order valence-electron chi connectivity index (χ1n) is 7.49. The maximum Gasteiger partial charge on any atom is 0.326 e. The largest absolute Gasteiger partial charge is 0.495 e. The van der Waals surface area contributed by atoms with Gasteiger partial charge in [-0.3, -0.25) is 19.2 Å². The van der Waals surface area contributed by atoms with Crippen molar-refractivity contribution in [2.24, 2.45) is 0 Å². The average Bonchev–Trinajstić information content (AvgIpc) is 2.67. The van der Waals surface area contributed by atoms with Gasteiger partial charge in [-0.1, -0.05) is 29.3 Å². The van der Waals surface area contributed by atoms with Crippen molar-refractivity contribution in [3.63, 3.8) is 0 Å². The van der Waals surface area contributed by atoms with Gasteiger partial charge in [-0.05, 0) is 18.2 Å². The minimum atomic E-state index is -4.44. The van der Waals surface area contributed by atoms with Crippen LogP contribution in [0.4, 0.5) is 11.4 Å². The Labute approximate surface area is 170 Å². The van der Waals surface area contributed by atoms with Gasteiger partial charge in [0, 0.05) is 12.1 Å². The highest BCUT2D eigenvalue weighted by Crippen LogP contribution is 2.38. The zero-order chi connectivity index (χ0) is 21.1. The molecule has 9 nitrogen and oxygen atoms in total. The lowest BCUT2D eigenvalue weighted by atomic mass is 10.3. The van der Waals surface area contributed by atoms with Gasteiger partial charge in [0.25, 0.3) is 15.7 Å². The van der Waals surface area contributed by atoms with Crippen molar-refractivity contribution < 1.29 is 27.6 Å². The van der Waals surface area contributed by atoms with Crippen molar-refractivity contribution >= 4 is 50.6 Å². The monoisotopic (exact) mass is 448 g/mol. The zero-order valence-corrected chi connectivity index (χ0v) is 16.9. The second-order valence-corrected chi connectivity index (χ2v) is 7.85. The Kier molecular flexibility index (Phi) is 6.70. The fourth-order valence-corrected chi connectivity index (χ4v) is 4.47. The molecule has 0 aliphatic rings. The van der Waals surface area contributed by atoms with Gasteiger partial charge in [0.05, 0.1) is 29.9 Å². The number of hydrogen-bond donors (Lipinski definition) is 0. The molecule has 0 bridgehead atoms. The summed E-state index contributed by atoms with van der Waals surface area (Å²) in [5.74, 6) is -0.730. The summed E-state index contributed by atoms with van der Waals surface area (Å²) in [4.78, 5) is 21.7. The SMILES string of the molecule is COC(=O)CN(c1cccc([N+](=O)[O-])c1)S(=O)(=O)c1ccc(OC)c(Cl)c1Cl. The van der Waals surface area contributed by atoms with Crippen LogP contribution in [0.15, 0.2) is 41.3 Å². The molecule has 0 atom stereocenters. The van der Waals surface area contributed by atoms with Crippen LogP contribution in [0.25, 0.3) is 0 Å². The number of ether oxygens (including phenoxy) is 2. The summed E-state index contributed by atoms with van der Waals surface area (Å²) in [5.41, 5.74) is -0.482. The Hall–Kier alpha value is -2.56. The highest BCUT2D eigenvalue weighted by Gasteiger charge is 2.31. The number of carbonyl (C=O) groups excluding carboxylic acids is 1. The first kappa shape index (κ1) is 21.7. The number of anilines is 1. The molecule has 2 aromatic carbocycles. The van der Waals surface area contributed by atoms with Gasteiger partial charge in [-0.2, -0.15) is 0 Å². The van der Waals surface area contributed by atoms with Crippen LogP contribution in [-0.4, -0.2) is 40.1 Å². The molecule has 0 unspecified atom stereocenters. The summed E-state index contributed by atoms with van der Waals surface area (Å²) in [6, 6.07) is 7.24. The quantitative estimate of drug-likeness (QED) is 0.362. The van der Waals surface area contributed by atoms with Crippen LogP contribution >= 0.6 is 23.2 Å². The number of non-ortho nitro benzene ring substituents is 1. The predicted octanol–water partition coefficient (Wildman–Crippen LogP) is 3.28. The molecule has 0 N–H and O–H groups in total. The Balaban J connectivity index is 2.66. The highest BCUT2D eigenvalue weighted by atomic mass is 35.5. The van der Waals surface area contributed by atoms with Crippen LogP contribution in [0.1, 0.15) is 0 Å². The molecule has 0 fully saturated rings. The number of nitro groups is 1. The zero-order valence-electron chi connectivity index (χ0n) is 14.6. The highest BCUT2D eigenvalue weighted by molar-refractivity contribution is 7.93. The van der Waals surface area contributed by atoms with Crippen LogP contribution in [0, 0.1) is 10.1 Å². The van der Waals surface area contributed by atoms with Gasteiger partial charge in [0.15, 0.2) is 0 Å². The van der Waals surface area contributed by atoms with E-state index in [1.54, 1.807) is 0 Å². The van der Waals surface area contributed by atoms with Crippen LogP contribution in [-0.2, 0) is 19.6 Å². The number of sulfonamides is 1. The minimum Gasteiger partial charge on any atom is -0.495 e. The Morgan fingerprint density at radius 2 is 1.86 bits per heavy atom. The molecule has 0 aliphatic carbocycles. The van der Waals surface area contributed by atoms with Crippen LogP contribution in [0.5, 0.6) is 5.75 Å².